The second kappa shape index (κ2) is 5.21. The fraction of sp³-hybridized carbons (Fsp3) is 0.154. The average molecular weight is 332 g/mol. The van der Waals surface area contributed by atoms with Gasteiger partial charge < -0.3 is 0 Å². The Bertz CT molecular complexity index is 632. The molecule has 1 heterocycles. The van der Waals surface area contributed by atoms with E-state index in [0.29, 0.717) is 5.69 Å². The summed E-state index contributed by atoms with van der Waals surface area (Å²) in [6.07, 6.45) is -4.16. The first-order chi connectivity index (χ1) is 8.87. The maximum atomic E-state index is 12.4. The van der Waals surface area contributed by atoms with Gasteiger partial charge in [-0.15, -0.1) is 0 Å². The van der Waals surface area contributed by atoms with Crippen LogP contribution >= 0.6 is 15.9 Å². The number of benzene rings is 1. The van der Waals surface area contributed by atoms with Crippen molar-refractivity contribution in [3.05, 3.63) is 63.0 Å². The molecule has 0 amide bonds. The van der Waals surface area contributed by atoms with Crippen LogP contribution in [-0.2, 0) is 6.42 Å². The molecule has 6 heteroatoms. The highest BCUT2D eigenvalue weighted by Crippen LogP contribution is 2.20. The normalized spacial score (nSPS) is 11.6. The number of pyridine rings is 1. The highest BCUT2D eigenvalue weighted by Gasteiger charge is 2.29. The van der Waals surface area contributed by atoms with Crippen molar-refractivity contribution in [3.8, 4) is 5.69 Å². The molecule has 1 aromatic heterocycles. The van der Waals surface area contributed by atoms with Crippen LogP contribution in [0.4, 0.5) is 13.2 Å². The van der Waals surface area contributed by atoms with E-state index in [0.717, 1.165) is 4.47 Å². The summed E-state index contributed by atoms with van der Waals surface area (Å²) in [7, 11) is 0. The Labute approximate surface area is 115 Å². The van der Waals surface area contributed by atoms with Gasteiger partial charge in [-0.1, -0.05) is 22.0 Å². The molecule has 1 aromatic carbocycles. The first kappa shape index (κ1) is 13.9. The summed E-state index contributed by atoms with van der Waals surface area (Å²) in [4.78, 5) is 12.0. The van der Waals surface area contributed by atoms with Crippen molar-refractivity contribution in [1.82, 2.24) is 4.57 Å². The predicted octanol–water partition coefficient (Wildman–Crippen LogP) is 3.70. The Morgan fingerprint density at radius 3 is 2.32 bits per heavy atom. The molecule has 0 aliphatic rings. The third kappa shape index (κ3) is 3.47. The van der Waals surface area contributed by atoms with Crippen LogP contribution in [0.25, 0.3) is 5.69 Å². The van der Waals surface area contributed by atoms with Crippen molar-refractivity contribution in [2.24, 2.45) is 0 Å². The van der Waals surface area contributed by atoms with E-state index in [4.69, 9.17) is 0 Å². The van der Waals surface area contributed by atoms with E-state index in [9.17, 15) is 18.0 Å². The number of hydrogen-bond acceptors (Lipinski definition) is 1. The lowest BCUT2D eigenvalue weighted by Gasteiger charge is -2.10. The second-order valence-corrected chi connectivity index (χ2v) is 4.89. The molecule has 0 saturated carbocycles. The highest BCUT2D eigenvalue weighted by molar-refractivity contribution is 9.10. The smallest absolute Gasteiger partial charge is 0.284 e. The molecule has 0 radical (unpaired) electrons. The van der Waals surface area contributed by atoms with E-state index in [1.54, 1.807) is 24.3 Å². The molecule has 0 N–H and O–H groups in total. The minimum Gasteiger partial charge on any atom is -0.284 e. The maximum absolute atomic E-state index is 12.4. The lowest BCUT2D eigenvalue weighted by molar-refractivity contribution is -0.127. The second-order valence-electron chi connectivity index (χ2n) is 3.98. The van der Waals surface area contributed by atoms with Crippen LogP contribution in [0.1, 0.15) is 5.56 Å². The van der Waals surface area contributed by atoms with Gasteiger partial charge >= 0.3 is 6.18 Å². The van der Waals surface area contributed by atoms with Crippen molar-refractivity contribution < 1.29 is 13.2 Å². The predicted molar refractivity (Wildman–Crippen MR) is 69.5 cm³/mol. The third-order valence-corrected chi connectivity index (χ3v) is 3.05. The van der Waals surface area contributed by atoms with Gasteiger partial charge in [0.05, 0.1) is 6.42 Å². The van der Waals surface area contributed by atoms with E-state index in [2.05, 4.69) is 15.9 Å². The van der Waals surface area contributed by atoms with Crippen molar-refractivity contribution in [2.75, 3.05) is 0 Å². The van der Waals surface area contributed by atoms with E-state index in [1.807, 2.05) is 0 Å². The van der Waals surface area contributed by atoms with E-state index in [1.165, 1.54) is 22.9 Å². The maximum Gasteiger partial charge on any atom is 0.393 e. The van der Waals surface area contributed by atoms with E-state index < -0.39 is 18.2 Å². The molecular formula is C13H9BrF3NO. The van der Waals surface area contributed by atoms with Gasteiger partial charge in [0.25, 0.3) is 5.56 Å². The lowest BCUT2D eigenvalue weighted by atomic mass is 10.2. The van der Waals surface area contributed by atoms with Gasteiger partial charge in [-0.25, -0.2) is 0 Å². The van der Waals surface area contributed by atoms with Gasteiger partial charge in [-0.05, 0) is 30.3 Å². The SMILES string of the molecule is O=c1c(CC(F)(F)F)cccn1-c1ccc(Br)cc1. The zero-order chi connectivity index (χ0) is 14.0. The first-order valence-electron chi connectivity index (χ1n) is 5.40. The molecule has 0 saturated heterocycles. The van der Waals surface area contributed by atoms with Gasteiger partial charge in [0, 0.05) is 21.9 Å². The van der Waals surface area contributed by atoms with Crippen LogP contribution in [0.15, 0.2) is 51.9 Å². The van der Waals surface area contributed by atoms with Gasteiger partial charge in [0.1, 0.15) is 0 Å². The lowest BCUT2D eigenvalue weighted by Crippen LogP contribution is -2.25. The summed E-state index contributed by atoms with van der Waals surface area (Å²) in [5.74, 6) is 0. The Balaban J connectivity index is 2.46. The third-order valence-electron chi connectivity index (χ3n) is 2.52. The van der Waals surface area contributed by atoms with E-state index in [-0.39, 0.29) is 5.56 Å². The molecule has 0 bridgehead atoms. The number of nitrogens with zero attached hydrogens (tertiary/aromatic N) is 1. The molecule has 0 aliphatic carbocycles. The first-order valence-corrected chi connectivity index (χ1v) is 6.19. The number of alkyl halides is 3. The molecular weight excluding hydrogens is 323 g/mol. The Kier molecular flexibility index (Phi) is 3.80. The summed E-state index contributed by atoms with van der Waals surface area (Å²) >= 11 is 3.25. The van der Waals surface area contributed by atoms with Crippen LogP contribution in [0.2, 0.25) is 0 Å². The quantitative estimate of drug-likeness (QED) is 0.822. The van der Waals surface area contributed by atoms with Gasteiger partial charge in [-0.2, -0.15) is 13.2 Å². The van der Waals surface area contributed by atoms with Crippen molar-refractivity contribution in [3.63, 3.8) is 0 Å². The summed E-state index contributed by atoms with van der Waals surface area (Å²) in [5, 5.41) is 0. The molecule has 100 valence electrons. The molecule has 2 nitrogen and oxygen atoms in total. The standard InChI is InChI=1S/C13H9BrF3NO/c14-10-3-5-11(6-4-10)18-7-1-2-9(12(18)19)8-13(15,16)17/h1-7H,8H2. The van der Waals surface area contributed by atoms with Crippen LogP contribution in [-0.4, -0.2) is 10.7 Å². The van der Waals surface area contributed by atoms with Gasteiger partial charge in [0.15, 0.2) is 0 Å². The molecule has 19 heavy (non-hydrogen) atoms. The molecule has 2 rings (SSSR count). The monoisotopic (exact) mass is 331 g/mol. The van der Waals surface area contributed by atoms with E-state index >= 15 is 0 Å². The van der Waals surface area contributed by atoms with Crippen molar-refractivity contribution in [1.29, 1.82) is 0 Å². The summed E-state index contributed by atoms with van der Waals surface area (Å²) in [6, 6.07) is 9.39. The molecule has 0 atom stereocenters. The van der Waals surface area contributed by atoms with Gasteiger partial charge in [-0.3, -0.25) is 9.36 Å². The Hall–Kier alpha value is -1.56. The molecule has 0 unspecified atom stereocenters. The topological polar surface area (TPSA) is 22.0 Å². The average Bonchev–Trinajstić information content (AvgIpc) is 2.32. The fourth-order valence-corrected chi connectivity index (χ4v) is 1.96. The Morgan fingerprint density at radius 1 is 1.11 bits per heavy atom. The minimum absolute atomic E-state index is 0.266. The number of hydrogen-bond donors (Lipinski definition) is 0. The number of halogens is 4. The fourth-order valence-electron chi connectivity index (χ4n) is 1.69. The minimum atomic E-state index is -4.39. The molecule has 2 aromatic rings. The molecule has 0 aliphatic heterocycles. The number of rotatable bonds is 2. The zero-order valence-electron chi connectivity index (χ0n) is 9.62. The van der Waals surface area contributed by atoms with Crippen LogP contribution < -0.4 is 5.56 Å². The van der Waals surface area contributed by atoms with Crippen LogP contribution in [0, 0.1) is 0 Å². The summed E-state index contributed by atoms with van der Waals surface area (Å²) < 4.78 is 39.1. The van der Waals surface area contributed by atoms with Crippen LogP contribution in [0.5, 0.6) is 0 Å². The molecule has 0 fully saturated rings. The highest BCUT2D eigenvalue weighted by atomic mass is 79.9. The van der Waals surface area contributed by atoms with Crippen molar-refractivity contribution in [2.45, 2.75) is 12.6 Å². The summed E-state index contributed by atoms with van der Waals surface area (Å²) in [6.45, 7) is 0. The largest absolute Gasteiger partial charge is 0.393 e. The summed E-state index contributed by atoms with van der Waals surface area (Å²) in [5.41, 5.74) is -0.391. The van der Waals surface area contributed by atoms with Crippen molar-refractivity contribution >= 4 is 15.9 Å². The Morgan fingerprint density at radius 2 is 1.74 bits per heavy atom. The van der Waals surface area contributed by atoms with Crippen LogP contribution in [0.3, 0.4) is 0 Å². The van der Waals surface area contributed by atoms with Gasteiger partial charge in [0.2, 0.25) is 0 Å². The molecule has 0 spiro atoms. The zero-order valence-corrected chi connectivity index (χ0v) is 11.2. The number of aromatic nitrogens is 1.